The Hall–Kier alpha value is 0.0164. The molecule has 0 fully saturated rings. The standard InChI is InChI=1S/C7H8O4.C4H10O.K/c1-5(2)11-7(10)4-3-6(8)9;1-3-5-4-2;/h3-4H,1H2,2H3,(H,8,9);3-4H2,1-2H3;/q;;+1/p-1/b4-3-;;. The molecule has 0 atom stereocenters. The summed E-state index contributed by atoms with van der Waals surface area (Å²) in [5.74, 6) is -2.01. The zero-order valence-corrected chi connectivity index (χ0v) is 13.9. The summed E-state index contributed by atoms with van der Waals surface area (Å²) >= 11 is 0. The van der Waals surface area contributed by atoms with Crippen LogP contribution in [0.25, 0.3) is 0 Å². The van der Waals surface area contributed by atoms with Gasteiger partial charge in [0.25, 0.3) is 0 Å². The van der Waals surface area contributed by atoms with Crippen LogP contribution in [0.15, 0.2) is 24.5 Å². The molecule has 0 amide bonds. The van der Waals surface area contributed by atoms with Gasteiger partial charge in [0, 0.05) is 19.3 Å². The van der Waals surface area contributed by atoms with Crippen LogP contribution in [0.5, 0.6) is 0 Å². The minimum absolute atomic E-state index is 0. The van der Waals surface area contributed by atoms with Crippen LogP contribution in [-0.4, -0.2) is 25.2 Å². The molecule has 0 aromatic rings. The summed E-state index contributed by atoms with van der Waals surface area (Å²) in [6.45, 7) is 10.4. The first-order chi connectivity index (χ1) is 7.43. The van der Waals surface area contributed by atoms with Gasteiger partial charge in [-0.2, -0.15) is 0 Å². The number of aliphatic carboxylic acids is 1. The van der Waals surface area contributed by atoms with Crippen LogP contribution in [0.4, 0.5) is 0 Å². The van der Waals surface area contributed by atoms with Crippen LogP contribution in [0, 0.1) is 0 Å². The Labute approximate surface area is 144 Å². The number of hydrogen-bond acceptors (Lipinski definition) is 5. The molecule has 0 spiro atoms. The Kier molecular flexibility index (Phi) is 20.9. The van der Waals surface area contributed by atoms with E-state index in [0.29, 0.717) is 6.08 Å². The predicted molar refractivity (Wildman–Crippen MR) is 57.2 cm³/mol. The van der Waals surface area contributed by atoms with Gasteiger partial charge in [-0.05, 0) is 26.8 Å². The number of carboxylic acids is 1. The van der Waals surface area contributed by atoms with Crippen LogP contribution in [-0.2, 0) is 19.1 Å². The van der Waals surface area contributed by atoms with Crippen molar-refractivity contribution >= 4 is 11.9 Å². The SMILES string of the molecule is C=C(C)OC(=O)/C=C\C(=O)[O-].CCOCC.[K+]. The van der Waals surface area contributed by atoms with Crippen molar-refractivity contribution in [3.05, 3.63) is 24.5 Å². The van der Waals surface area contributed by atoms with E-state index < -0.39 is 11.9 Å². The van der Waals surface area contributed by atoms with E-state index in [0.717, 1.165) is 19.3 Å². The van der Waals surface area contributed by atoms with Gasteiger partial charge in [-0.3, -0.25) is 0 Å². The van der Waals surface area contributed by atoms with Crippen molar-refractivity contribution in [2.75, 3.05) is 13.2 Å². The maximum absolute atomic E-state index is 10.5. The van der Waals surface area contributed by atoms with E-state index in [9.17, 15) is 14.7 Å². The van der Waals surface area contributed by atoms with E-state index in [1.54, 1.807) is 0 Å². The van der Waals surface area contributed by atoms with E-state index in [2.05, 4.69) is 11.3 Å². The smallest absolute Gasteiger partial charge is 0.545 e. The van der Waals surface area contributed by atoms with Crippen molar-refractivity contribution in [2.24, 2.45) is 0 Å². The van der Waals surface area contributed by atoms with Gasteiger partial charge in [-0.25, -0.2) is 4.79 Å². The number of carbonyl (C=O) groups excluding carboxylic acids is 2. The molecule has 92 valence electrons. The summed E-state index contributed by atoms with van der Waals surface area (Å²) in [4.78, 5) is 20.3. The van der Waals surface area contributed by atoms with Crippen LogP contribution in [0.3, 0.4) is 0 Å². The monoisotopic (exact) mass is 268 g/mol. The van der Waals surface area contributed by atoms with E-state index in [-0.39, 0.29) is 57.1 Å². The van der Waals surface area contributed by atoms with Gasteiger partial charge in [0.1, 0.15) is 0 Å². The number of ether oxygens (including phenoxy) is 2. The molecule has 0 aliphatic heterocycles. The van der Waals surface area contributed by atoms with Gasteiger partial charge in [-0.1, -0.05) is 6.58 Å². The predicted octanol–water partition coefficient (Wildman–Crippen LogP) is -2.58. The molecule has 0 bridgehead atoms. The zero-order valence-electron chi connectivity index (χ0n) is 10.8. The Balaban J connectivity index is -0.000000280. The molecule has 0 aliphatic rings. The molecular formula is C11H17KO5. The molecule has 17 heavy (non-hydrogen) atoms. The molecule has 0 N–H and O–H groups in total. The fourth-order valence-electron chi connectivity index (χ4n) is 0.546. The number of hydrogen-bond donors (Lipinski definition) is 0. The number of allylic oxidation sites excluding steroid dienone is 1. The molecule has 0 heterocycles. The Morgan fingerprint density at radius 2 is 1.71 bits per heavy atom. The van der Waals surface area contributed by atoms with Crippen molar-refractivity contribution in [1.29, 1.82) is 0 Å². The second-order valence-corrected chi connectivity index (χ2v) is 2.56. The molecule has 0 saturated heterocycles. The van der Waals surface area contributed by atoms with Crippen molar-refractivity contribution in [3.63, 3.8) is 0 Å². The first-order valence-electron chi connectivity index (χ1n) is 4.78. The van der Waals surface area contributed by atoms with Gasteiger partial charge in [0.05, 0.1) is 11.7 Å². The summed E-state index contributed by atoms with van der Waals surface area (Å²) in [6, 6.07) is 0. The summed E-state index contributed by atoms with van der Waals surface area (Å²) in [6.07, 6.45) is 1.34. The Morgan fingerprint density at radius 1 is 1.24 bits per heavy atom. The third-order valence-electron chi connectivity index (χ3n) is 1.04. The second-order valence-electron chi connectivity index (χ2n) is 2.56. The number of esters is 1. The minimum atomic E-state index is -1.44. The Morgan fingerprint density at radius 3 is 1.94 bits per heavy atom. The summed E-state index contributed by atoms with van der Waals surface area (Å²) in [7, 11) is 0. The maximum Gasteiger partial charge on any atom is 1.00 e. The molecule has 0 unspecified atom stereocenters. The van der Waals surface area contributed by atoms with Crippen LogP contribution >= 0.6 is 0 Å². The van der Waals surface area contributed by atoms with E-state index in [1.807, 2.05) is 13.8 Å². The number of carboxylic acid groups (broad SMARTS) is 1. The van der Waals surface area contributed by atoms with Gasteiger partial charge in [-0.15, -0.1) is 0 Å². The van der Waals surface area contributed by atoms with Crippen molar-refractivity contribution in [2.45, 2.75) is 20.8 Å². The first kappa shape index (κ1) is 22.2. The van der Waals surface area contributed by atoms with E-state index >= 15 is 0 Å². The topological polar surface area (TPSA) is 75.7 Å². The first-order valence-corrected chi connectivity index (χ1v) is 4.78. The third-order valence-corrected chi connectivity index (χ3v) is 1.04. The molecule has 0 aromatic carbocycles. The molecule has 0 saturated carbocycles. The molecular weight excluding hydrogens is 251 g/mol. The van der Waals surface area contributed by atoms with Crippen LogP contribution in [0.1, 0.15) is 20.8 Å². The van der Waals surface area contributed by atoms with E-state index in [4.69, 9.17) is 4.74 Å². The minimum Gasteiger partial charge on any atom is -0.545 e. The third kappa shape index (κ3) is 25.9. The van der Waals surface area contributed by atoms with Crippen LogP contribution in [0.2, 0.25) is 0 Å². The van der Waals surface area contributed by atoms with Crippen molar-refractivity contribution < 1.29 is 75.6 Å². The maximum atomic E-state index is 10.5. The van der Waals surface area contributed by atoms with Gasteiger partial charge in [0.2, 0.25) is 0 Å². The zero-order chi connectivity index (χ0) is 13.0. The molecule has 5 nitrogen and oxygen atoms in total. The second kappa shape index (κ2) is 16.0. The fourth-order valence-corrected chi connectivity index (χ4v) is 0.546. The molecule has 0 aromatic heterocycles. The van der Waals surface area contributed by atoms with Crippen molar-refractivity contribution in [1.82, 2.24) is 0 Å². The summed E-state index contributed by atoms with van der Waals surface area (Å²) in [5, 5.41) is 9.76. The average Bonchev–Trinajstić information content (AvgIpc) is 2.16. The molecule has 0 rings (SSSR count). The summed E-state index contributed by atoms with van der Waals surface area (Å²) < 4.78 is 9.22. The average molecular weight is 268 g/mol. The van der Waals surface area contributed by atoms with Crippen molar-refractivity contribution in [3.8, 4) is 0 Å². The number of rotatable bonds is 5. The largest absolute Gasteiger partial charge is 1.00 e. The fraction of sp³-hybridized carbons (Fsp3) is 0.455. The molecule has 6 heteroatoms. The van der Waals surface area contributed by atoms with Gasteiger partial charge < -0.3 is 19.4 Å². The normalized spacial score (nSPS) is 8.65. The van der Waals surface area contributed by atoms with Gasteiger partial charge in [0.15, 0.2) is 0 Å². The van der Waals surface area contributed by atoms with Crippen LogP contribution < -0.4 is 56.5 Å². The number of carbonyl (C=O) groups is 2. The Bertz CT molecular complexity index is 259. The summed E-state index contributed by atoms with van der Waals surface area (Å²) in [5.41, 5.74) is 0. The van der Waals surface area contributed by atoms with Gasteiger partial charge >= 0.3 is 57.4 Å². The quantitative estimate of drug-likeness (QED) is 0.237. The molecule has 0 aliphatic carbocycles. The molecule has 0 radical (unpaired) electrons. The van der Waals surface area contributed by atoms with E-state index in [1.165, 1.54) is 6.92 Å².